The highest BCUT2D eigenvalue weighted by Gasteiger charge is 2.43. The molecule has 0 atom stereocenters. The van der Waals surface area contributed by atoms with Gasteiger partial charge in [0.25, 0.3) is 11.1 Å². The minimum Gasteiger partial charge on any atom is -0.494 e. The lowest BCUT2D eigenvalue weighted by molar-refractivity contribution is -0.128. The van der Waals surface area contributed by atoms with Gasteiger partial charge in [0.2, 0.25) is 5.91 Å². The summed E-state index contributed by atoms with van der Waals surface area (Å²) in [5, 5.41) is -0.203. The number of ether oxygens (including phenoxy) is 1. The van der Waals surface area contributed by atoms with Crippen molar-refractivity contribution in [2.75, 3.05) is 25.4 Å². The molecule has 24 heavy (non-hydrogen) atoms. The molecule has 0 N–H and O–H groups in total. The predicted octanol–water partition coefficient (Wildman–Crippen LogP) is 2.39. The summed E-state index contributed by atoms with van der Waals surface area (Å²) >= 11 is 1.03. The van der Waals surface area contributed by atoms with Crippen molar-refractivity contribution >= 4 is 28.8 Å². The zero-order valence-electron chi connectivity index (χ0n) is 13.6. The Bertz CT molecular complexity index is 624. The molecule has 2 aliphatic rings. The fourth-order valence-electron chi connectivity index (χ4n) is 2.71. The summed E-state index contributed by atoms with van der Waals surface area (Å²) < 4.78 is 5.58. The number of benzene rings is 1. The topological polar surface area (TPSA) is 66.9 Å². The lowest BCUT2D eigenvalue weighted by Gasteiger charge is -2.42. The molecule has 0 aliphatic carbocycles. The van der Waals surface area contributed by atoms with E-state index in [1.54, 1.807) is 29.2 Å². The Morgan fingerprint density at radius 2 is 1.96 bits per heavy atom. The number of rotatable bonds is 6. The highest BCUT2D eigenvalue weighted by atomic mass is 32.2. The molecule has 128 valence electrons. The van der Waals surface area contributed by atoms with E-state index in [9.17, 15) is 14.4 Å². The molecular weight excluding hydrogens is 328 g/mol. The standard InChI is InChI=1S/C17H20N2O4S/c1-2-3-8-23-14-6-4-12(5-7-14)16(21)18-9-13(10-18)19-15(20)11-24-17(19)22/h4-7,13H,2-3,8-11H2,1H3. The van der Waals surface area contributed by atoms with Crippen LogP contribution in [0.2, 0.25) is 0 Å². The van der Waals surface area contributed by atoms with Crippen LogP contribution < -0.4 is 4.74 Å². The molecule has 2 saturated heterocycles. The van der Waals surface area contributed by atoms with E-state index in [2.05, 4.69) is 6.92 Å². The van der Waals surface area contributed by atoms with Crippen LogP contribution in [0.4, 0.5) is 4.79 Å². The molecule has 0 aromatic heterocycles. The first-order valence-corrected chi connectivity index (χ1v) is 9.09. The van der Waals surface area contributed by atoms with Crippen molar-refractivity contribution in [3.05, 3.63) is 29.8 Å². The Balaban J connectivity index is 1.53. The van der Waals surface area contributed by atoms with E-state index < -0.39 is 0 Å². The first-order valence-electron chi connectivity index (χ1n) is 8.11. The zero-order valence-corrected chi connectivity index (χ0v) is 14.4. The number of unbranched alkanes of at least 4 members (excludes halogenated alkanes) is 1. The fourth-order valence-corrected chi connectivity index (χ4v) is 3.49. The fraction of sp³-hybridized carbons (Fsp3) is 0.471. The average Bonchev–Trinajstić information content (AvgIpc) is 2.87. The Labute approximate surface area is 145 Å². The van der Waals surface area contributed by atoms with Crippen LogP contribution in [0, 0.1) is 0 Å². The highest BCUT2D eigenvalue weighted by Crippen LogP contribution is 2.27. The molecule has 7 heteroatoms. The summed E-state index contributed by atoms with van der Waals surface area (Å²) in [6, 6.07) is 6.91. The van der Waals surface area contributed by atoms with Crippen LogP contribution >= 0.6 is 11.8 Å². The number of amides is 3. The van der Waals surface area contributed by atoms with Crippen LogP contribution in [0.1, 0.15) is 30.1 Å². The van der Waals surface area contributed by atoms with E-state index in [4.69, 9.17) is 4.74 Å². The second kappa shape index (κ2) is 7.25. The lowest BCUT2D eigenvalue weighted by atomic mass is 10.1. The van der Waals surface area contributed by atoms with Gasteiger partial charge in [0.05, 0.1) is 18.4 Å². The molecule has 3 amide bonds. The number of hydrogen-bond donors (Lipinski definition) is 0. The first-order chi connectivity index (χ1) is 11.6. The Kier molecular flexibility index (Phi) is 5.08. The normalized spacial score (nSPS) is 18.0. The Hall–Kier alpha value is -2.02. The van der Waals surface area contributed by atoms with Gasteiger partial charge in [-0.25, -0.2) is 0 Å². The van der Waals surface area contributed by atoms with Crippen molar-refractivity contribution in [2.24, 2.45) is 0 Å². The number of hydrogen-bond acceptors (Lipinski definition) is 5. The number of carbonyl (C=O) groups is 3. The van der Waals surface area contributed by atoms with Gasteiger partial charge in [-0.05, 0) is 30.7 Å². The Morgan fingerprint density at radius 1 is 1.25 bits per heavy atom. The van der Waals surface area contributed by atoms with Crippen molar-refractivity contribution in [3.63, 3.8) is 0 Å². The van der Waals surface area contributed by atoms with Crippen LogP contribution in [-0.2, 0) is 4.79 Å². The van der Waals surface area contributed by atoms with Gasteiger partial charge in [0.1, 0.15) is 5.75 Å². The van der Waals surface area contributed by atoms with Crippen molar-refractivity contribution < 1.29 is 19.1 Å². The van der Waals surface area contributed by atoms with Crippen LogP contribution in [0.25, 0.3) is 0 Å². The summed E-state index contributed by atoms with van der Waals surface area (Å²) in [4.78, 5) is 38.7. The molecule has 3 rings (SSSR count). The van der Waals surface area contributed by atoms with Crippen LogP contribution in [0.3, 0.4) is 0 Å². The molecule has 0 bridgehead atoms. The molecule has 0 saturated carbocycles. The molecule has 2 aliphatic heterocycles. The minimum absolute atomic E-state index is 0.0851. The number of imide groups is 1. The summed E-state index contributed by atoms with van der Waals surface area (Å²) in [6.07, 6.45) is 2.08. The number of thioether (sulfide) groups is 1. The molecule has 2 fully saturated rings. The van der Waals surface area contributed by atoms with E-state index in [1.807, 2.05) is 0 Å². The van der Waals surface area contributed by atoms with E-state index >= 15 is 0 Å². The SMILES string of the molecule is CCCCOc1ccc(C(=O)N2CC(N3C(=O)CSC3=O)C2)cc1. The van der Waals surface area contributed by atoms with Crippen molar-refractivity contribution in [2.45, 2.75) is 25.8 Å². The molecule has 1 aromatic rings. The van der Waals surface area contributed by atoms with Gasteiger partial charge < -0.3 is 9.64 Å². The maximum atomic E-state index is 12.4. The van der Waals surface area contributed by atoms with Crippen LogP contribution in [0.15, 0.2) is 24.3 Å². The molecular formula is C17H20N2O4S. The van der Waals surface area contributed by atoms with Gasteiger partial charge in [0.15, 0.2) is 0 Å². The lowest BCUT2D eigenvalue weighted by Crippen LogP contribution is -2.62. The van der Waals surface area contributed by atoms with Gasteiger partial charge in [-0.2, -0.15) is 0 Å². The highest BCUT2D eigenvalue weighted by molar-refractivity contribution is 8.14. The molecule has 0 unspecified atom stereocenters. The summed E-state index contributed by atoms with van der Waals surface area (Å²) in [6.45, 7) is 3.60. The number of nitrogens with zero attached hydrogens (tertiary/aromatic N) is 2. The maximum absolute atomic E-state index is 12.4. The van der Waals surface area contributed by atoms with E-state index in [0.29, 0.717) is 25.3 Å². The predicted molar refractivity (Wildman–Crippen MR) is 91.2 cm³/mol. The van der Waals surface area contributed by atoms with E-state index in [-0.39, 0.29) is 28.8 Å². The minimum atomic E-state index is -0.203. The largest absolute Gasteiger partial charge is 0.494 e. The van der Waals surface area contributed by atoms with E-state index in [0.717, 1.165) is 30.4 Å². The van der Waals surface area contributed by atoms with Crippen molar-refractivity contribution in [3.8, 4) is 5.75 Å². The quantitative estimate of drug-likeness (QED) is 0.739. The van der Waals surface area contributed by atoms with Gasteiger partial charge >= 0.3 is 0 Å². The van der Waals surface area contributed by atoms with Gasteiger partial charge in [-0.1, -0.05) is 25.1 Å². The monoisotopic (exact) mass is 348 g/mol. The molecule has 0 spiro atoms. The molecule has 6 nitrogen and oxygen atoms in total. The van der Waals surface area contributed by atoms with Gasteiger partial charge in [-0.15, -0.1) is 0 Å². The van der Waals surface area contributed by atoms with Crippen LogP contribution in [0.5, 0.6) is 5.75 Å². The average molecular weight is 348 g/mol. The number of carbonyl (C=O) groups excluding carboxylic acids is 3. The third-order valence-corrected chi connectivity index (χ3v) is 5.00. The van der Waals surface area contributed by atoms with Crippen molar-refractivity contribution in [1.29, 1.82) is 0 Å². The number of likely N-dealkylation sites (tertiary alicyclic amines) is 1. The Morgan fingerprint density at radius 3 is 2.54 bits per heavy atom. The van der Waals surface area contributed by atoms with Crippen LogP contribution in [-0.4, -0.2) is 58.3 Å². The van der Waals surface area contributed by atoms with E-state index in [1.165, 1.54) is 4.90 Å². The molecule has 1 aromatic carbocycles. The molecule has 0 radical (unpaired) electrons. The second-order valence-corrected chi connectivity index (χ2v) is 6.84. The third-order valence-electron chi connectivity index (χ3n) is 4.17. The maximum Gasteiger partial charge on any atom is 0.289 e. The second-order valence-electron chi connectivity index (χ2n) is 5.91. The zero-order chi connectivity index (χ0) is 17.1. The smallest absolute Gasteiger partial charge is 0.289 e. The first kappa shape index (κ1) is 16.8. The summed E-state index contributed by atoms with van der Waals surface area (Å²) in [5.74, 6) is 0.725. The summed E-state index contributed by atoms with van der Waals surface area (Å²) in [5.41, 5.74) is 0.588. The van der Waals surface area contributed by atoms with Crippen molar-refractivity contribution in [1.82, 2.24) is 9.80 Å². The van der Waals surface area contributed by atoms with Gasteiger partial charge in [-0.3, -0.25) is 19.3 Å². The third kappa shape index (κ3) is 3.40. The van der Waals surface area contributed by atoms with Gasteiger partial charge in [0, 0.05) is 18.7 Å². The summed E-state index contributed by atoms with van der Waals surface area (Å²) in [7, 11) is 0. The molecule has 2 heterocycles.